The first-order chi connectivity index (χ1) is 15.6. The van der Waals surface area contributed by atoms with Gasteiger partial charge in [0.25, 0.3) is 5.91 Å². The largest absolute Gasteiger partial charge is 0.437 e. The number of unbranched alkanes of at least 4 members (excludes halogenated alkanes) is 1. The number of rotatable bonds is 10. The summed E-state index contributed by atoms with van der Waals surface area (Å²) in [6.45, 7) is 3.31. The standard InChI is InChI=1S/C23H26FN3O5S/c1-4-15-13-18-19(22(29)25-3)20(16-8-10-17(24)11-9-16)32-23(18)26-21(15)27-33(30,31)12-6-5-7-14(2)28/h8-11,13H,4-7,12H2,1-3H3,(H,25,29)(H,26,27). The Labute approximate surface area is 191 Å². The molecule has 0 saturated heterocycles. The zero-order valence-electron chi connectivity index (χ0n) is 18.7. The summed E-state index contributed by atoms with van der Waals surface area (Å²) in [5, 5.41) is 3.00. The monoisotopic (exact) mass is 475 g/mol. The number of pyridine rings is 1. The molecule has 3 rings (SSSR count). The molecule has 0 spiro atoms. The molecule has 0 aliphatic heterocycles. The summed E-state index contributed by atoms with van der Waals surface area (Å²) in [5.41, 5.74) is 1.39. The van der Waals surface area contributed by atoms with Gasteiger partial charge in [0.1, 0.15) is 23.2 Å². The highest BCUT2D eigenvalue weighted by Crippen LogP contribution is 2.35. The Morgan fingerprint density at radius 2 is 1.85 bits per heavy atom. The van der Waals surface area contributed by atoms with E-state index < -0.39 is 21.7 Å². The third-order valence-electron chi connectivity index (χ3n) is 5.15. The van der Waals surface area contributed by atoms with Crippen molar-refractivity contribution in [2.45, 2.75) is 39.5 Å². The molecular formula is C23H26FN3O5S. The van der Waals surface area contributed by atoms with Gasteiger partial charge in [0.2, 0.25) is 15.7 Å². The first-order valence-corrected chi connectivity index (χ1v) is 12.2. The number of anilines is 1. The summed E-state index contributed by atoms with van der Waals surface area (Å²) in [5.74, 6) is -0.630. The number of ketones is 1. The zero-order valence-corrected chi connectivity index (χ0v) is 19.5. The van der Waals surface area contributed by atoms with E-state index in [2.05, 4.69) is 15.0 Å². The van der Waals surface area contributed by atoms with Crippen molar-refractivity contribution in [1.82, 2.24) is 10.3 Å². The van der Waals surface area contributed by atoms with Gasteiger partial charge in [-0.25, -0.2) is 12.8 Å². The molecular weight excluding hydrogens is 449 g/mol. The second-order valence-corrected chi connectivity index (χ2v) is 9.52. The van der Waals surface area contributed by atoms with Crippen LogP contribution in [0.2, 0.25) is 0 Å². The fourth-order valence-electron chi connectivity index (χ4n) is 3.44. The second-order valence-electron chi connectivity index (χ2n) is 7.67. The first kappa shape index (κ1) is 24.4. The van der Waals surface area contributed by atoms with Crippen LogP contribution in [0.1, 0.15) is 49.0 Å². The Hall–Kier alpha value is -3.27. The van der Waals surface area contributed by atoms with E-state index in [1.54, 1.807) is 6.07 Å². The molecule has 2 aromatic heterocycles. The number of hydrogen-bond donors (Lipinski definition) is 2. The lowest BCUT2D eigenvalue weighted by molar-refractivity contribution is -0.117. The summed E-state index contributed by atoms with van der Waals surface area (Å²) < 4.78 is 46.9. The van der Waals surface area contributed by atoms with Crippen molar-refractivity contribution in [3.63, 3.8) is 0 Å². The molecule has 0 unspecified atom stereocenters. The molecule has 0 bridgehead atoms. The zero-order chi connectivity index (χ0) is 24.2. The van der Waals surface area contributed by atoms with Crippen molar-refractivity contribution >= 4 is 38.6 Å². The summed E-state index contributed by atoms with van der Waals surface area (Å²) >= 11 is 0. The number of amides is 1. The molecule has 2 N–H and O–H groups in total. The number of furan rings is 1. The minimum atomic E-state index is -3.70. The third kappa shape index (κ3) is 5.75. The van der Waals surface area contributed by atoms with Gasteiger partial charge in [-0.1, -0.05) is 6.92 Å². The minimum Gasteiger partial charge on any atom is -0.437 e. The number of fused-ring (bicyclic) bond motifs is 1. The maximum Gasteiger partial charge on any atom is 0.255 e. The van der Waals surface area contributed by atoms with Crippen molar-refractivity contribution in [3.8, 4) is 11.3 Å². The van der Waals surface area contributed by atoms with E-state index in [9.17, 15) is 22.4 Å². The quantitative estimate of drug-likeness (QED) is 0.427. The van der Waals surface area contributed by atoms with Gasteiger partial charge in [0.15, 0.2) is 0 Å². The summed E-state index contributed by atoms with van der Waals surface area (Å²) in [4.78, 5) is 28.1. The molecule has 33 heavy (non-hydrogen) atoms. The smallest absolute Gasteiger partial charge is 0.255 e. The number of sulfonamides is 1. The van der Waals surface area contributed by atoms with Gasteiger partial charge in [-0.3, -0.25) is 9.52 Å². The van der Waals surface area contributed by atoms with Gasteiger partial charge < -0.3 is 14.5 Å². The van der Waals surface area contributed by atoms with Crippen LogP contribution in [0.3, 0.4) is 0 Å². The molecule has 0 atom stereocenters. The number of carbonyl (C=O) groups is 2. The summed E-state index contributed by atoms with van der Waals surface area (Å²) in [6.07, 6.45) is 1.61. The van der Waals surface area contributed by atoms with E-state index in [1.165, 1.54) is 38.2 Å². The Morgan fingerprint density at radius 1 is 1.15 bits per heavy atom. The lowest BCUT2D eigenvalue weighted by Crippen LogP contribution is -2.19. The predicted octanol–water partition coefficient (Wildman–Crippen LogP) is 4.06. The third-order valence-corrected chi connectivity index (χ3v) is 6.48. The fourth-order valence-corrected chi connectivity index (χ4v) is 4.60. The van der Waals surface area contributed by atoms with Crippen LogP contribution >= 0.6 is 0 Å². The number of benzene rings is 1. The number of carbonyl (C=O) groups excluding carboxylic acids is 2. The fraction of sp³-hybridized carbons (Fsp3) is 0.348. The SMILES string of the molecule is CCc1cc2c(C(=O)NC)c(-c3ccc(F)cc3)oc2nc1NS(=O)(=O)CCCCC(C)=O. The van der Waals surface area contributed by atoms with Gasteiger partial charge in [-0.15, -0.1) is 0 Å². The number of Topliss-reactive ketones (excluding diaryl/α,β-unsaturated/α-hetero) is 1. The van der Waals surface area contributed by atoms with Crippen molar-refractivity contribution in [2.24, 2.45) is 0 Å². The highest BCUT2D eigenvalue weighted by molar-refractivity contribution is 7.92. The van der Waals surface area contributed by atoms with Crippen LogP contribution in [0.25, 0.3) is 22.4 Å². The number of halogens is 1. The molecule has 1 amide bonds. The van der Waals surface area contributed by atoms with Crippen LogP contribution in [0.4, 0.5) is 10.2 Å². The number of nitrogens with one attached hydrogen (secondary N) is 2. The number of aromatic nitrogens is 1. The maximum absolute atomic E-state index is 13.4. The number of nitrogens with zero attached hydrogens (tertiary/aromatic N) is 1. The molecule has 3 aromatic rings. The highest BCUT2D eigenvalue weighted by Gasteiger charge is 2.25. The van der Waals surface area contributed by atoms with Crippen molar-refractivity contribution in [3.05, 3.63) is 47.3 Å². The molecule has 0 saturated carbocycles. The van der Waals surface area contributed by atoms with Crippen molar-refractivity contribution < 1.29 is 26.8 Å². The lowest BCUT2D eigenvalue weighted by Gasteiger charge is -2.11. The molecule has 10 heteroatoms. The van der Waals surface area contributed by atoms with Crippen LogP contribution in [0, 0.1) is 5.82 Å². The van der Waals surface area contributed by atoms with Crippen LogP contribution < -0.4 is 10.0 Å². The minimum absolute atomic E-state index is 0.0162. The summed E-state index contributed by atoms with van der Waals surface area (Å²) in [6, 6.07) is 7.17. The Balaban J connectivity index is 2.02. The van der Waals surface area contributed by atoms with E-state index in [-0.39, 0.29) is 34.4 Å². The van der Waals surface area contributed by atoms with Crippen LogP contribution in [-0.4, -0.2) is 37.9 Å². The molecule has 0 radical (unpaired) electrons. The average Bonchev–Trinajstić information content (AvgIpc) is 3.14. The maximum atomic E-state index is 13.4. The van der Waals surface area contributed by atoms with E-state index in [0.29, 0.717) is 42.2 Å². The Morgan fingerprint density at radius 3 is 2.45 bits per heavy atom. The molecule has 0 aliphatic carbocycles. The van der Waals surface area contributed by atoms with Crippen LogP contribution in [-0.2, 0) is 21.2 Å². The highest BCUT2D eigenvalue weighted by atomic mass is 32.2. The predicted molar refractivity (Wildman–Crippen MR) is 124 cm³/mol. The van der Waals surface area contributed by atoms with Crippen molar-refractivity contribution in [1.29, 1.82) is 0 Å². The van der Waals surface area contributed by atoms with Gasteiger partial charge >= 0.3 is 0 Å². The van der Waals surface area contributed by atoms with Crippen LogP contribution in [0.5, 0.6) is 0 Å². The van der Waals surface area contributed by atoms with E-state index in [4.69, 9.17) is 4.42 Å². The van der Waals surface area contributed by atoms with Gasteiger partial charge in [0, 0.05) is 19.0 Å². The lowest BCUT2D eigenvalue weighted by atomic mass is 10.0. The Kier molecular flexibility index (Phi) is 7.47. The van der Waals surface area contributed by atoms with Gasteiger partial charge in [-0.05, 0) is 62.1 Å². The first-order valence-electron chi connectivity index (χ1n) is 10.6. The summed E-state index contributed by atoms with van der Waals surface area (Å²) in [7, 11) is -2.22. The molecule has 8 nitrogen and oxygen atoms in total. The molecule has 176 valence electrons. The second kappa shape index (κ2) is 10.1. The molecule has 1 aromatic carbocycles. The number of aryl methyl sites for hydroxylation is 1. The average molecular weight is 476 g/mol. The van der Waals surface area contributed by atoms with E-state index in [1.807, 2.05) is 6.92 Å². The van der Waals surface area contributed by atoms with E-state index >= 15 is 0 Å². The van der Waals surface area contributed by atoms with Crippen LogP contribution in [0.15, 0.2) is 34.7 Å². The normalized spacial score (nSPS) is 11.5. The van der Waals surface area contributed by atoms with E-state index in [0.717, 1.165) is 0 Å². The van der Waals surface area contributed by atoms with Gasteiger partial charge in [0.05, 0.1) is 16.7 Å². The topological polar surface area (TPSA) is 118 Å². The molecule has 0 fully saturated rings. The van der Waals surface area contributed by atoms with Crippen molar-refractivity contribution in [2.75, 3.05) is 17.5 Å². The molecule has 0 aliphatic rings. The number of hydrogen-bond acceptors (Lipinski definition) is 6. The van der Waals surface area contributed by atoms with Gasteiger partial charge in [-0.2, -0.15) is 4.98 Å². The molecule has 2 heterocycles. The Bertz CT molecular complexity index is 1280.